The van der Waals surface area contributed by atoms with Crippen molar-refractivity contribution in [2.24, 2.45) is 0 Å². The van der Waals surface area contributed by atoms with Gasteiger partial charge >= 0.3 is 0 Å². The summed E-state index contributed by atoms with van der Waals surface area (Å²) in [7, 11) is 3.92. The van der Waals surface area contributed by atoms with Gasteiger partial charge in [-0.05, 0) is 19.1 Å². The van der Waals surface area contributed by atoms with E-state index in [1.54, 1.807) is 12.3 Å². The maximum atomic E-state index is 6.25. The number of halogens is 1. The second-order valence-electron chi connectivity index (χ2n) is 5.69. The first kappa shape index (κ1) is 16.6. The fourth-order valence-electron chi connectivity index (χ4n) is 2.65. The van der Waals surface area contributed by atoms with Gasteiger partial charge in [-0.3, -0.25) is 4.68 Å². The van der Waals surface area contributed by atoms with Gasteiger partial charge in [0.2, 0.25) is 0 Å². The van der Waals surface area contributed by atoms with Crippen LogP contribution in [0.15, 0.2) is 36.3 Å². The van der Waals surface area contributed by atoms with E-state index >= 15 is 0 Å². The molecule has 1 atom stereocenters. The highest BCUT2D eigenvalue weighted by Crippen LogP contribution is 2.29. The molecule has 0 saturated carbocycles. The molecule has 0 radical (unpaired) electrons. The number of nitrogen functional groups attached to an aromatic ring is 1. The van der Waals surface area contributed by atoms with Gasteiger partial charge in [-0.25, -0.2) is 4.98 Å². The number of likely N-dealkylation sites (N-methyl/N-ethyl adjacent to an activating group) is 1. The second kappa shape index (κ2) is 6.70. The summed E-state index contributed by atoms with van der Waals surface area (Å²) in [6.07, 6.45) is 6.02. The number of aryl methyl sites for hydroxylation is 1. The van der Waals surface area contributed by atoms with Crippen LogP contribution in [-0.2, 0) is 13.0 Å². The number of rotatable bonds is 5. The molecule has 2 aromatic heterocycles. The normalized spacial score (nSPS) is 18.1. The first-order chi connectivity index (χ1) is 11.5. The number of pyridine rings is 1. The van der Waals surface area contributed by atoms with E-state index in [2.05, 4.69) is 10.1 Å². The van der Waals surface area contributed by atoms with Crippen molar-refractivity contribution in [2.75, 3.05) is 19.8 Å². The Morgan fingerprint density at radius 1 is 1.38 bits per heavy atom. The fourth-order valence-corrected chi connectivity index (χ4v) is 2.86. The fraction of sp³-hybridized carbons (Fsp3) is 0.375. The molecule has 0 amide bonds. The zero-order valence-corrected chi connectivity index (χ0v) is 14.7. The molecule has 3 rings (SSSR count). The molecular weight excluding hydrogens is 328 g/mol. The van der Waals surface area contributed by atoms with Crippen LogP contribution < -0.4 is 10.5 Å². The Morgan fingerprint density at radius 2 is 2.17 bits per heavy atom. The zero-order valence-electron chi connectivity index (χ0n) is 14.0. The quantitative estimate of drug-likeness (QED) is 0.892. The van der Waals surface area contributed by atoms with Crippen LogP contribution in [0.5, 0.6) is 5.75 Å². The van der Waals surface area contributed by atoms with Gasteiger partial charge < -0.3 is 15.5 Å². The SMILES string of the molecule is CCn1cc(CC2=CN(C)N(C)C2Oc2cccnc2N)c(Cl)n1. The van der Waals surface area contributed by atoms with E-state index in [0.29, 0.717) is 23.1 Å². The summed E-state index contributed by atoms with van der Waals surface area (Å²) in [6, 6.07) is 3.62. The minimum Gasteiger partial charge on any atom is -0.466 e. The lowest BCUT2D eigenvalue weighted by molar-refractivity contribution is -0.0229. The van der Waals surface area contributed by atoms with Crippen molar-refractivity contribution in [3.63, 3.8) is 0 Å². The molecule has 8 heteroatoms. The molecule has 0 bridgehead atoms. The number of hydrazine groups is 1. The van der Waals surface area contributed by atoms with E-state index in [9.17, 15) is 0 Å². The third-order valence-electron chi connectivity index (χ3n) is 4.05. The second-order valence-corrected chi connectivity index (χ2v) is 6.04. The van der Waals surface area contributed by atoms with Crippen LogP contribution in [0.4, 0.5) is 5.82 Å². The van der Waals surface area contributed by atoms with E-state index < -0.39 is 0 Å². The summed E-state index contributed by atoms with van der Waals surface area (Å²) >= 11 is 6.25. The highest BCUT2D eigenvalue weighted by Gasteiger charge is 2.31. The van der Waals surface area contributed by atoms with Crippen molar-refractivity contribution in [3.05, 3.63) is 47.0 Å². The summed E-state index contributed by atoms with van der Waals surface area (Å²) < 4.78 is 7.93. The Bertz CT molecular complexity index is 759. The largest absolute Gasteiger partial charge is 0.466 e. The van der Waals surface area contributed by atoms with Crippen molar-refractivity contribution < 1.29 is 4.74 Å². The topological polar surface area (TPSA) is 72.4 Å². The monoisotopic (exact) mass is 348 g/mol. The number of hydrogen-bond acceptors (Lipinski definition) is 6. The predicted molar refractivity (Wildman–Crippen MR) is 93.3 cm³/mol. The van der Waals surface area contributed by atoms with Gasteiger partial charge in [-0.1, -0.05) is 11.6 Å². The Morgan fingerprint density at radius 3 is 2.83 bits per heavy atom. The molecular formula is C16H21ClN6O. The van der Waals surface area contributed by atoms with Crippen LogP contribution in [-0.4, -0.2) is 45.1 Å². The zero-order chi connectivity index (χ0) is 17.3. The Balaban J connectivity index is 1.83. The number of aromatic nitrogens is 3. The average molecular weight is 349 g/mol. The molecule has 0 fully saturated rings. The molecule has 1 unspecified atom stereocenters. The van der Waals surface area contributed by atoms with Crippen LogP contribution >= 0.6 is 11.6 Å². The van der Waals surface area contributed by atoms with Gasteiger partial charge in [-0.2, -0.15) is 10.1 Å². The number of ether oxygens (including phenoxy) is 1. The Labute approximate surface area is 146 Å². The minimum absolute atomic E-state index is 0.275. The van der Waals surface area contributed by atoms with E-state index in [4.69, 9.17) is 22.1 Å². The third kappa shape index (κ3) is 3.18. The maximum Gasteiger partial charge on any atom is 0.193 e. The van der Waals surface area contributed by atoms with Gasteiger partial charge in [0, 0.05) is 56.8 Å². The van der Waals surface area contributed by atoms with Crippen LogP contribution in [0.25, 0.3) is 0 Å². The molecule has 3 heterocycles. The van der Waals surface area contributed by atoms with Crippen LogP contribution in [0.2, 0.25) is 5.15 Å². The van der Waals surface area contributed by atoms with Crippen molar-refractivity contribution in [1.29, 1.82) is 0 Å². The smallest absolute Gasteiger partial charge is 0.193 e. The van der Waals surface area contributed by atoms with Crippen LogP contribution in [0, 0.1) is 0 Å². The molecule has 1 aliphatic rings. The lowest BCUT2D eigenvalue weighted by Gasteiger charge is -2.28. The van der Waals surface area contributed by atoms with E-state index in [1.807, 2.05) is 54.2 Å². The van der Waals surface area contributed by atoms with Gasteiger partial charge in [0.1, 0.15) is 0 Å². The van der Waals surface area contributed by atoms with Crippen molar-refractivity contribution in [2.45, 2.75) is 26.1 Å². The highest BCUT2D eigenvalue weighted by atomic mass is 35.5. The van der Waals surface area contributed by atoms with E-state index in [0.717, 1.165) is 17.7 Å². The molecule has 0 aliphatic carbocycles. The highest BCUT2D eigenvalue weighted by molar-refractivity contribution is 6.30. The first-order valence-corrected chi connectivity index (χ1v) is 8.12. The van der Waals surface area contributed by atoms with Crippen molar-refractivity contribution in [1.82, 2.24) is 24.8 Å². The number of nitrogens with zero attached hydrogens (tertiary/aromatic N) is 5. The molecule has 2 N–H and O–H groups in total. The maximum absolute atomic E-state index is 6.25. The van der Waals surface area contributed by atoms with Crippen molar-refractivity contribution in [3.8, 4) is 5.75 Å². The molecule has 0 spiro atoms. The summed E-state index contributed by atoms with van der Waals surface area (Å²) in [5, 5.41) is 8.77. The summed E-state index contributed by atoms with van der Waals surface area (Å²) in [5.41, 5.74) is 7.94. The predicted octanol–water partition coefficient (Wildman–Crippen LogP) is 2.16. The van der Waals surface area contributed by atoms with E-state index in [1.165, 1.54) is 0 Å². The van der Waals surface area contributed by atoms with Gasteiger partial charge in [-0.15, -0.1) is 0 Å². The Kier molecular flexibility index (Phi) is 4.64. The Hall–Kier alpha value is -2.25. The minimum atomic E-state index is -0.275. The first-order valence-electron chi connectivity index (χ1n) is 7.74. The van der Waals surface area contributed by atoms with Crippen LogP contribution in [0.3, 0.4) is 0 Å². The molecule has 0 aromatic carbocycles. The van der Waals surface area contributed by atoms with Crippen molar-refractivity contribution >= 4 is 17.4 Å². The average Bonchev–Trinajstić information content (AvgIpc) is 3.04. The molecule has 1 aliphatic heterocycles. The lowest BCUT2D eigenvalue weighted by atomic mass is 10.1. The molecule has 24 heavy (non-hydrogen) atoms. The molecule has 7 nitrogen and oxygen atoms in total. The number of anilines is 1. The molecule has 128 valence electrons. The summed E-state index contributed by atoms with van der Waals surface area (Å²) in [5.74, 6) is 0.933. The molecule has 2 aromatic rings. The van der Waals surface area contributed by atoms with Gasteiger partial charge in [0.05, 0.1) is 0 Å². The summed E-state index contributed by atoms with van der Waals surface area (Å²) in [6.45, 7) is 2.81. The summed E-state index contributed by atoms with van der Waals surface area (Å²) in [4.78, 5) is 4.07. The number of nitrogens with two attached hydrogens (primary N) is 1. The standard InChI is InChI=1S/C16H21ClN6O/c1-4-23-10-11(14(17)20-23)8-12-9-21(2)22(3)16(12)24-13-6-5-7-19-15(13)18/h5-7,9-10,16H,4,8H2,1-3H3,(H2,18,19). The van der Waals surface area contributed by atoms with E-state index in [-0.39, 0.29) is 6.23 Å². The van der Waals surface area contributed by atoms with Crippen LogP contribution in [0.1, 0.15) is 12.5 Å². The van der Waals surface area contributed by atoms with Gasteiger partial charge in [0.15, 0.2) is 22.9 Å². The third-order valence-corrected chi connectivity index (χ3v) is 4.37. The number of hydrogen-bond donors (Lipinski definition) is 1. The lowest BCUT2D eigenvalue weighted by Crippen LogP contribution is -2.40. The molecule has 0 saturated heterocycles. The van der Waals surface area contributed by atoms with Gasteiger partial charge in [0.25, 0.3) is 0 Å².